The van der Waals surface area contributed by atoms with Crippen LogP contribution in [0.4, 0.5) is 14.5 Å². The molecule has 1 unspecified atom stereocenters. The zero-order valence-electron chi connectivity index (χ0n) is 11.8. The molecule has 0 amide bonds. The SMILES string of the molecule is CNC(c1cccc(N(C)C)c1)c1ccc(F)c(F)c1. The van der Waals surface area contributed by atoms with Crippen LogP contribution in [0.5, 0.6) is 0 Å². The smallest absolute Gasteiger partial charge is 0.159 e. The summed E-state index contributed by atoms with van der Waals surface area (Å²) in [6, 6.07) is 11.8. The van der Waals surface area contributed by atoms with E-state index in [1.807, 2.05) is 43.3 Å². The molecule has 4 heteroatoms. The van der Waals surface area contributed by atoms with Crippen molar-refractivity contribution in [3.05, 3.63) is 65.2 Å². The van der Waals surface area contributed by atoms with E-state index in [1.54, 1.807) is 13.1 Å². The van der Waals surface area contributed by atoms with Crippen molar-refractivity contribution in [2.24, 2.45) is 0 Å². The van der Waals surface area contributed by atoms with Crippen molar-refractivity contribution in [1.82, 2.24) is 5.32 Å². The van der Waals surface area contributed by atoms with Crippen molar-refractivity contribution in [3.63, 3.8) is 0 Å². The van der Waals surface area contributed by atoms with Gasteiger partial charge in [-0.05, 0) is 42.4 Å². The Hall–Kier alpha value is -1.94. The van der Waals surface area contributed by atoms with Crippen LogP contribution in [0.15, 0.2) is 42.5 Å². The number of rotatable bonds is 4. The lowest BCUT2D eigenvalue weighted by Crippen LogP contribution is -2.18. The van der Waals surface area contributed by atoms with E-state index in [0.29, 0.717) is 5.56 Å². The third-order valence-electron chi connectivity index (χ3n) is 3.29. The number of anilines is 1. The van der Waals surface area contributed by atoms with Gasteiger partial charge in [0.15, 0.2) is 11.6 Å². The molecule has 0 bridgehead atoms. The molecule has 2 aromatic carbocycles. The molecule has 0 aromatic heterocycles. The maximum Gasteiger partial charge on any atom is 0.159 e. The van der Waals surface area contributed by atoms with Gasteiger partial charge in [-0.2, -0.15) is 0 Å². The lowest BCUT2D eigenvalue weighted by molar-refractivity contribution is 0.505. The highest BCUT2D eigenvalue weighted by Gasteiger charge is 2.14. The molecule has 1 N–H and O–H groups in total. The maximum absolute atomic E-state index is 13.4. The topological polar surface area (TPSA) is 15.3 Å². The van der Waals surface area contributed by atoms with E-state index in [9.17, 15) is 8.78 Å². The Labute approximate surface area is 118 Å². The summed E-state index contributed by atoms with van der Waals surface area (Å²) in [4.78, 5) is 2.00. The zero-order valence-corrected chi connectivity index (χ0v) is 11.8. The zero-order chi connectivity index (χ0) is 14.7. The Morgan fingerprint density at radius 3 is 2.25 bits per heavy atom. The molecular formula is C16H18F2N2. The van der Waals surface area contributed by atoms with E-state index in [2.05, 4.69) is 5.32 Å². The summed E-state index contributed by atoms with van der Waals surface area (Å²) >= 11 is 0. The van der Waals surface area contributed by atoms with E-state index in [0.717, 1.165) is 17.3 Å². The van der Waals surface area contributed by atoms with E-state index >= 15 is 0 Å². The van der Waals surface area contributed by atoms with Crippen LogP contribution in [0.1, 0.15) is 17.2 Å². The van der Waals surface area contributed by atoms with Crippen LogP contribution in [0, 0.1) is 11.6 Å². The van der Waals surface area contributed by atoms with Crippen LogP contribution in [-0.2, 0) is 0 Å². The largest absolute Gasteiger partial charge is 0.378 e. The Bertz CT molecular complexity index is 597. The first-order valence-corrected chi connectivity index (χ1v) is 6.42. The summed E-state index contributed by atoms with van der Waals surface area (Å²) < 4.78 is 26.4. The second-order valence-corrected chi connectivity index (χ2v) is 4.88. The number of hydrogen-bond donors (Lipinski definition) is 1. The molecule has 2 aromatic rings. The first-order valence-electron chi connectivity index (χ1n) is 6.42. The second-order valence-electron chi connectivity index (χ2n) is 4.88. The highest BCUT2D eigenvalue weighted by Crippen LogP contribution is 2.26. The second kappa shape index (κ2) is 6.01. The third-order valence-corrected chi connectivity index (χ3v) is 3.29. The quantitative estimate of drug-likeness (QED) is 0.921. The van der Waals surface area contributed by atoms with Crippen molar-refractivity contribution in [2.45, 2.75) is 6.04 Å². The van der Waals surface area contributed by atoms with Gasteiger partial charge in [0.05, 0.1) is 6.04 Å². The van der Waals surface area contributed by atoms with Gasteiger partial charge in [0.2, 0.25) is 0 Å². The van der Waals surface area contributed by atoms with Crippen molar-refractivity contribution >= 4 is 5.69 Å². The minimum Gasteiger partial charge on any atom is -0.378 e. The lowest BCUT2D eigenvalue weighted by atomic mass is 9.98. The highest BCUT2D eigenvalue weighted by molar-refractivity contribution is 5.49. The summed E-state index contributed by atoms with van der Waals surface area (Å²) in [7, 11) is 5.73. The molecule has 0 saturated carbocycles. The number of nitrogens with one attached hydrogen (secondary N) is 1. The van der Waals surface area contributed by atoms with E-state index in [-0.39, 0.29) is 6.04 Å². The van der Waals surface area contributed by atoms with E-state index < -0.39 is 11.6 Å². The lowest BCUT2D eigenvalue weighted by Gasteiger charge is -2.20. The van der Waals surface area contributed by atoms with Gasteiger partial charge in [0.25, 0.3) is 0 Å². The fourth-order valence-corrected chi connectivity index (χ4v) is 2.20. The van der Waals surface area contributed by atoms with Gasteiger partial charge < -0.3 is 10.2 Å². The standard InChI is InChI=1S/C16H18F2N2/c1-19-16(12-7-8-14(17)15(18)10-12)11-5-4-6-13(9-11)20(2)3/h4-10,16,19H,1-3H3. The minimum absolute atomic E-state index is 0.176. The average molecular weight is 276 g/mol. The Kier molecular flexibility index (Phi) is 4.35. The van der Waals surface area contributed by atoms with Crippen LogP contribution in [0.2, 0.25) is 0 Å². The molecule has 0 fully saturated rings. The summed E-state index contributed by atoms with van der Waals surface area (Å²) in [5.41, 5.74) is 2.76. The Morgan fingerprint density at radius 1 is 0.950 bits per heavy atom. The van der Waals surface area contributed by atoms with Gasteiger partial charge in [0, 0.05) is 19.8 Å². The Morgan fingerprint density at radius 2 is 1.65 bits per heavy atom. The third kappa shape index (κ3) is 2.96. The van der Waals surface area contributed by atoms with Gasteiger partial charge in [-0.1, -0.05) is 18.2 Å². The summed E-state index contributed by atoms with van der Waals surface area (Å²) in [6.45, 7) is 0. The predicted molar refractivity (Wildman–Crippen MR) is 78.0 cm³/mol. The molecule has 2 nitrogen and oxygen atoms in total. The van der Waals surface area contributed by atoms with Gasteiger partial charge in [-0.25, -0.2) is 8.78 Å². The summed E-state index contributed by atoms with van der Waals surface area (Å²) in [5.74, 6) is -1.66. The summed E-state index contributed by atoms with van der Waals surface area (Å²) in [5, 5.41) is 3.14. The van der Waals surface area contributed by atoms with Crippen molar-refractivity contribution in [3.8, 4) is 0 Å². The molecule has 0 aliphatic heterocycles. The molecular weight excluding hydrogens is 258 g/mol. The fraction of sp³-hybridized carbons (Fsp3) is 0.250. The molecule has 20 heavy (non-hydrogen) atoms. The number of benzene rings is 2. The van der Waals surface area contributed by atoms with Gasteiger partial charge in [0.1, 0.15) is 0 Å². The molecule has 1 atom stereocenters. The maximum atomic E-state index is 13.4. The monoisotopic (exact) mass is 276 g/mol. The van der Waals surface area contributed by atoms with Crippen LogP contribution in [-0.4, -0.2) is 21.1 Å². The van der Waals surface area contributed by atoms with Crippen molar-refractivity contribution < 1.29 is 8.78 Å². The first kappa shape index (κ1) is 14.5. The van der Waals surface area contributed by atoms with Crippen LogP contribution >= 0.6 is 0 Å². The fourth-order valence-electron chi connectivity index (χ4n) is 2.20. The molecule has 0 spiro atoms. The molecule has 0 saturated heterocycles. The van der Waals surface area contributed by atoms with E-state index in [1.165, 1.54) is 6.07 Å². The molecule has 2 rings (SSSR count). The van der Waals surface area contributed by atoms with Crippen molar-refractivity contribution in [1.29, 1.82) is 0 Å². The van der Waals surface area contributed by atoms with Gasteiger partial charge >= 0.3 is 0 Å². The molecule has 0 heterocycles. The average Bonchev–Trinajstić information content (AvgIpc) is 2.44. The number of nitrogens with zero attached hydrogens (tertiary/aromatic N) is 1. The highest BCUT2D eigenvalue weighted by atomic mass is 19.2. The van der Waals surface area contributed by atoms with E-state index in [4.69, 9.17) is 0 Å². The number of halogens is 2. The molecule has 106 valence electrons. The molecule has 0 aliphatic rings. The predicted octanol–water partition coefficient (Wildman–Crippen LogP) is 3.34. The molecule has 0 aliphatic carbocycles. The van der Waals surface area contributed by atoms with Crippen LogP contribution < -0.4 is 10.2 Å². The number of hydrogen-bond acceptors (Lipinski definition) is 2. The summed E-state index contributed by atoms with van der Waals surface area (Å²) in [6.07, 6.45) is 0. The Balaban J connectivity index is 2.41. The van der Waals surface area contributed by atoms with Gasteiger partial charge in [-0.3, -0.25) is 0 Å². The minimum atomic E-state index is -0.828. The van der Waals surface area contributed by atoms with Crippen molar-refractivity contribution in [2.75, 3.05) is 26.0 Å². The first-order chi connectivity index (χ1) is 9.52. The molecule has 0 radical (unpaired) electrons. The normalized spacial score (nSPS) is 12.2. The van der Waals surface area contributed by atoms with Crippen LogP contribution in [0.3, 0.4) is 0 Å². The van der Waals surface area contributed by atoms with Crippen LogP contribution in [0.25, 0.3) is 0 Å². The van der Waals surface area contributed by atoms with Gasteiger partial charge in [-0.15, -0.1) is 0 Å².